The number of nitrogens with zero attached hydrogens (tertiary/aromatic N) is 2. The minimum absolute atomic E-state index is 0.176. The summed E-state index contributed by atoms with van der Waals surface area (Å²) in [4.78, 5) is 28.4. The molecular formula is C18H14FIN2O3. The second-order valence-corrected chi connectivity index (χ2v) is 6.75. The summed E-state index contributed by atoms with van der Waals surface area (Å²) in [6, 6.07) is 6.67. The van der Waals surface area contributed by atoms with Gasteiger partial charge in [-0.1, -0.05) is 6.07 Å². The highest BCUT2D eigenvalue weighted by Gasteiger charge is 2.13. The Kier molecular flexibility index (Phi) is 5.12. The second-order valence-electron chi connectivity index (χ2n) is 5.50. The average Bonchev–Trinajstić information content (AvgIpc) is 2.59. The lowest BCUT2D eigenvalue weighted by atomic mass is 10.0. The zero-order chi connectivity index (χ0) is 18.0. The SMILES string of the molecule is COC(=O)Cn1ccc2cncc(Cc3ccc(I)cc3F)c2c1=O. The number of carbonyl (C=O) groups excluding carboxylic acids is 1. The minimum atomic E-state index is -0.513. The van der Waals surface area contributed by atoms with Gasteiger partial charge in [-0.15, -0.1) is 0 Å². The third-order valence-corrected chi connectivity index (χ3v) is 4.56. The van der Waals surface area contributed by atoms with Crippen molar-refractivity contribution in [1.29, 1.82) is 0 Å². The average molecular weight is 452 g/mol. The highest BCUT2D eigenvalue weighted by molar-refractivity contribution is 14.1. The number of halogens is 2. The van der Waals surface area contributed by atoms with Gasteiger partial charge in [0.25, 0.3) is 5.56 Å². The van der Waals surface area contributed by atoms with E-state index in [4.69, 9.17) is 0 Å². The molecular weight excluding hydrogens is 438 g/mol. The number of fused-ring (bicyclic) bond motifs is 1. The van der Waals surface area contributed by atoms with E-state index in [1.54, 1.807) is 24.5 Å². The maximum Gasteiger partial charge on any atom is 0.325 e. The van der Waals surface area contributed by atoms with Crippen LogP contribution in [-0.2, 0) is 22.5 Å². The molecule has 2 aromatic heterocycles. The molecule has 0 saturated carbocycles. The molecule has 0 N–H and O–H groups in total. The van der Waals surface area contributed by atoms with Gasteiger partial charge in [0, 0.05) is 34.0 Å². The Morgan fingerprint density at radius 2 is 2.08 bits per heavy atom. The predicted molar refractivity (Wildman–Crippen MR) is 99.9 cm³/mol. The van der Waals surface area contributed by atoms with Crippen LogP contribution in [0.2, 0.25) is 0 Å². The fraction of sp³-hybridized carbons (Fsp3) is 0.167. The maximum atomic E-state index is 14.2. The Hall–Kier alpha value is -2.29. The number of aromatic nitrogens is 2. The summed E-state index contributed by atoms with van der Waals surface area (Å²) in [7, 11) is 1.27. The topological polar surface area (TPSA) is 61.2 Å². The Bertz CT molecular complexity index is 1020. The number of hydrogen-bond donors (Lipinski definition) is 0. The van der Waals surface area contributed by atoms with E-state index in [-0.39, 0.29) is 24.3 Å². The Morgan fingerprint density at radius 3 is 2.80 bits per heavy atom. The summed E-state index contributed by atoms with van der Waals surface area (Å²) in [5, 5.41) is 1.08. The zero-order valence-corrected chi connectivity index (χ0v) is 15.5. The zero-order valence-electron chi connectivity index (χ0n) is 13.3. The van der Waals surface area contributed by atoms with Crippen LogP contribution in [0.1, 0.15) is 11.1 Å². The van der Waals surface area contributed by atoms with E-state index >= 15 is 0 Å². The van der Waals surface area contributed by atoms with E-state index in [0.29, 0.717) is 21.9 Å². The molecule has 0 radical (unpaired) electrons. The van der Waals surface area contributed by atoms with Gasteiger partial charge in [-0.3, -0.25) is 14.6 Å². The molecule has 3 aromatic rings. The highest BCUT2D eigenvalue weighted by Crippen LogP contribution is 2.20. The van der Waals surface area contributed by atoms with Crippen LogP contribution >= 0.6 is 22.6 Å². The maximum absolute atomic E-state index is 14.2. The number of carbonyl (C=O) groups is 1. The number of ether oxygens (including phenoxy) is 1. The molecule has 0 aliphatic heterocycles. The first kappa shape index (κ1) is 17.5. The third kappa shape index (κ3) is 3.71. The molecule has 0 aliphatic rings. The molecule has 3 rings (SSSR count). The van der Waals surface area contributed by atoms with Gasteiger partial charge in [0.1, 0.15) is 12.4 Å². The Balaban J connectivity index is 2.10. The van der Waals surface area contributed by atoms with Crippen molar-refractivity contribution in [3.8, 4) is 0 Å². The normalized spacial score (nSPS) is 10.8. The molecule has 1 aromatic carbocycles. The van der Waals surface area contributed by atoms with Gasteiger partial charge in [-0.05, 0) is 51.9 Å². The lowest BCUT2D eigenvalue weighted by molar-refractivity contribution is -0.141. The molecule has 2 heterocycles. The van der Waals surface area contributed by atoms with Crippen LogP contribution in [0.5, 0.6) is 0 Å². The van der Waals surface area contributed by atoms with Gasteiger partial charge in [0.05, 0.1) is 12.5 Å². The van der Waals surface area contributed by atoms with Crippen molar-refractivity contribution in [1.82, 2.24) is 9.55 Å². The van der Waals surface area contributed by atoms with Crippen LogP contribution in [0, 0.1) is 9.39 Å². The fourth-order valence-electron chi connectivity index (χ4n) is 2.62. The van der Waals surface area contributed by atoms with E-state index in [2.05, 4.69) is 9.72 Å². The highest BCUT2D eigenvalue weighted by atomic mass is 127. The van der Waals surface area contributed by atoms with Gasteiger partial charge >= 0.3 is 5.97 Å². The van der Waals surface area contributed by atoms with Crippen molar-refractivity contribution < 1.29 is 13.9 Å². The largest absolute Gasteiger partial charge is 0.468 e. The van der Waals surface area contributed by atoms with Crippen molar-refractivity contribution in [2.45, 2.75) is 13.0 Å². The van der Waals surface area contributed by atoms with E-state index in [1.807, 2.05) is 28.7 Å². The number of rotatable bonds is 4. The van der Waals surface area contributed by atoms with Gasteiger partial charge in [-0.25, -0.2) is 4.39 Å². The Labute approximate surface area is 156 Å². The first-order valence-corrected chi connectivity index (χ1v) is 8.54. The first-order valence-electron chi connectivity index (χ1n) is 7.46. The summed E-state index contributed by atoms with van der Waals surface area (Å²) < 4.78 is 20.9. The van der Waals surface area contributed by atoms with Crippen LogP contribution < -0.4 is 5.56 Å². The molecule has 0 spiro atoms. The molecule has 5 nitrogen and oxygen atoms in total. The van der Waals surface area contributed by atoms with Crippen molar-refractivity contribution in [2.75, 3.05) is 7.11 Å². The lowest BCUT2D eigenvalue weighted by Gasteiger charge is -2.10. The molecule has 0 saturated heterocycles. The van der Waals surface area contributed by atoms with E-state index < -0.39 is 5.97 Å². The Morgan fingerprint density at radius 1 is 1.28 bits per heavy atom. The minimum Gasteiger partial charge on any atom is -0.468 e. The smallest absolute Gasteiger partial charge is 0.325 e. The number of pyridine rings is 2. The molecule has 25 heavy (non-hydrogen) atoms. The van der Waals surface area contributed by atoms with E-state index in [0.717, 1.165) is 3.57 Å². The van der Waals surface area contributed by atoms with Crippen molar-refractivity contribution in [3.05, 3.63) is 73.7 Å². The van der Waals surface area contributed by atoms with Crippen LogP contribution in [0.3, 0.4) is 0 Å². The molecule has 0 atom stereocenters. The summed E-state index contributed by atoms with van der Waals surface area (Å²) in [6.45, 7) is -0.176. The molecule has 0 bridgehead atoms. The summed E-state index contributed by atoms with van der Waals surface area (Å²) in [5.74, 6) is -0.838. The summed E-state index contributed by atoms with van der Waals surface area (Å²) in [6.07, 6.45) is 4.90. The molecule has 0 amide bonds. The van der Waals surface area contributed by atoms with Crippen molar-refractivity contribution in [3.63, 3.8) is 0 Å². The summed E-state index contributed by atoms with van der Waals surface area (Å²) in [5.41, 5.74) is 0.769. The molecule has 0 unspecified atom stereocenters. The lowest BCUT2D eigenvalue weighted by Crippen LogP contribution is -2.25. The van der Waals surface area contributed by atoms with Gasteiger partial charge in [0.2, 0.25) is 0 Å². The van der Waals surface area contributed by atoms with Crippen LogP contribution in [0.25, 0.3) is 10.8 Å². The molecule has 0 aliphatic carbocycles. The van der Waals surface area contributed by atoms with Gasteiger partial charge < -0.3 is 9.30 Å². The quantitative estimate of drug-likeness (QED) is 0.452. The van der Waals surface area contributed by atoms with Crippen LogP contribution in [-0.4, -0.2) is 22.6 Å². The monoisotopic (exact) mass is 452 g/mol. The van der Waals surface area contributed by atoms with Crippen molar-refractivity contribution >= 4 is 39.3 Å². The standard InChI is InChI=1S/C18H14FIN2O3/c1-25-16(23)10-22-5-4-12-8-21-9-13(17(12)18(22)24)6-11-2-3-14(20)7-15(11)19/h2-5,7-9H,6,10H2,1H3. The number of benzene rings is 1. The van der Waals surface area contributed by atoms with Gasteiger partial charge in [-0.2, -0.15) is 0 Å². The number of hydrogen-bond acceptors (Lipinski definition) is 4. The van der Waals surface area contributed by atoms with Gasteiger partial charge in [0.15, 0.2) is 0 Å². The number of methoxy groups -OCH3 is 1. The third-order valence-electron chi connectivity index (χ3n) is 3.89. The first-order chi connectivity index (χ1) is 12.0. The molecule has 128 valence electrons. The van der Waals surface area contributed by atoms with Crippen LogP contribution in [0.15, 0.2) is 47.7 Å². The van der Waals surface area contributed by atoms with Crippen LogP contribution in [0.4, 0.5) is 4.39 Å². The van der Waals surface area contributed by atoms with Crippen molar-refractivity contribution in [2.24, 2.45) is 0 Å². The predicted octanol–water partition coefficient (Wildman–Crippen LogP) is 2.90. The number of esters is 1. The summed E-state index contributed by atoms with van der Waals surface area (Å²) >= 11 is 2.04. The molecule has 7 heteroatoms. The molecule has 0 fully saturated rings. The second kappa shape index (κ2) is 7.30. The fourth-order valence-corrected chi connectivity index (χ4v) is 3.08. The van der Waals surface area contributed by atoms with E-state index in [1.165, 1.54) is 23.9 Å². The van der Waals surface area contributed by atoms with E-state index in [9.17, 15) is 14.0 Å².